The van der Waals surface area contributed by atoms with Crippen molar-refractivity contribution in [2.45, 2.75) is 46.1 Å². The number of piperidine rings is 1. The summed E-state index contributed by atoms with van der Waals surface area (Å²) in [6.07, 6.45) is 3.59. The van der Waals surface area contributed by atoms with Gasteiger partial charge in [-0.3, -0.25) is 14.5 Å². The van der Waals surface area contributed by atoms with Gasteiger partial charge in [0.15, 0.2) is 0 Å². The second kappa shape index (κ2) is 11.0. The normalized spacial score (nSPS) is 16.0. The van der Waals surface area contributed by atoms with E-state index in [0.29, 0.717) is 43.2 Å². The van der Waals surface area contributed by atoms with Crippen LogP contribution in [-0.2, 0) is 22.5 Å². The zero-order valence-electron chi connectivity index (χ0n) is 19.8. The molecule has 3 heterocycles. The second-order valence-electron chi connectivity index (χ2n) is 8.73. The number of aryl methyl sites for hydroxylation is 1. The number of nitrogens with zero attached hydrogens (tertiary/aromatic N) is 2. The third-order valence-electron chi connectivity index (χ3n) is 6.27. The average Bonchev–Trinajstić information content (AvgIpc) is 3.18. The van der Waals surface area contributed by atoms with Crippen LogP contribution in [0.1, 0.15) is 52.5 Å². The van der Waals surface area contributed by atoms with Gasteiger partial charge >= 0.3 is 6.09 Å². The molecule has 9 heteroatoms. The molecule has 2 N–H and O–H groups in total. The van der Waals surface area contributed by atoms with Crippen molar-refractivity contribution in [3.05, 3.63) is 45.8 Å². The van der Waals surface area contributed by atoms with Gasteiger partial charge in [0.05, 0.1) is 25.3 Å². The van der Waals surface area contributed by atoms with Crippen molar-refractivity contribution in [1.82, 2.24) is 9.80 Å². The molecule has 0 saturated carbocycles. The molecule has 8 nitrogen and oxygen atoms in total. The van der Waals surface area contributed by atoms with Gasteiger partial charge in [0.2, 0.25) is 5.91 Å². The molecule has 0 atom stereocenters. The van der Waals surface area contributed by atoms with Gasteiger partial charge in [0, 0.05) is 17.1 Å². The summed E-state index contributed by atoms with van der Waals surface area (Å²) in [5.74, 6) is -0.364. The molecule has 182 valence electrons. The van der Waals surface area contributed by atoms with Crippen LogP contribution in [0.4, 0.5) is 15.5 Å². The van der Waals surface area contributed by atoms with Crippen LogP contribution in [0.5, 0.6) is 0 Å². The maximum atomic E-state index is 13.4. The zero-order chi connectivity index (χ0) is 24.1. The third kappa shape index (κ3) is 5.59. The van der Waals surface area contributed by atoms with Gasteiger partial charge in [-0.25, -0.2) is 4.79 Å². The number of anilines is 2. The van der Waals surface area contributed by atoms with Crippen molar-refractivity contribution >= 4 is 39.9 Å². The lowest BCUT2D eigenvalue weighted by atomic mass is 10.0. The number of fused-ring (bicyclic) bond motifs is 1. The lowest BCUT2D eigenvalue weighted by molar-refractivity contribution is -0.117. The Kier molecular flexibility index (Phi) is 7.84. The Bertz CT molecular complexity index is 1060. The molecule has 2 aliphatic heterocycles. The first-order valence-electron chi connectivity index (χ1n) is 11.9. The van der Waals surface area contributed by atoms with Gasteiger partial charge in [0.25, 0.3) is 5.91 Å². The molecule has 2 aliphatic rings. The summed E-state index contributed by atoms with van der Waals surface area (Å²) in [5.41, 5.74) is 3.09. The largest absolute Gasteiger partial charge is 0.450 e. The number of hydrogen-bond donors (Lipinski definition) is 2. The Morgan fingerprint density at radius 1 is 1.06 bits per heavy atom. The number of likely N-dealkylation sites (tertiary alicyclic amines) is 1. The number of nitrogens with one attached hydrogen (secondary N) is 2. The summed E-state index contributed by atoms with van der Waals surface area (Å²) < 4.78 is 5.16. The summed E-state index contributed by atoms with van der Waals surface area (Å²) in [6.45, 7) is 7.03. The Hall–Kier alpha value is -2.91. The lowest BCUT2D eigenvalue weighted by Gasteiger charge is -2.26. The number of ether oxygens (including phenoxy) is 1. The van der Waals surface area contributed by atoms with E-state index in [1.807, 2.05) is 31.2 Å². The molecule has 1 aromatic carbocycles. The summed E-state index contributed by atoms with van der Waals surface area (Å²) in [5, 5.41) is 6.57. The summed E-state index contributed by atoms with van der Waals surface area (Å²) >= 11 is 1.37. The van der Waals surface area contributed by atoms with Crippen molar-refractivity contribution in [1.29, 1.82) is 0 Å². The molecule has 1 aromatic heterocycles. The third-order valence-corrected chi connectivity index (χ3v) is 7.40. The Morgan fingerprint density at radius 3 is 2.56 bits per heavy atom. The average molecular weight is 485 g/mol. The first-order chi connectivity index (χ1) is 16.5. The van der Waals surface area contributed by atoms with Gasteiger partial charge in [-0.2, -0.15) is 0 Å². The van der Waals surface area contributed by atoms with Crippen molar-refractivity contribution < 1.29 is 19.1 Å². The van der Waals surface area contributed by atoms with E-state index in [-0.39, 0.29) is 17.9 Å². The highest BCUT2D eigenvalue weighted by molar-refractivity contribution is 7.17. The van der Waals surface area contributed by atoms with E-state index in [1.54, 1.807) is 11.8 Å². The second-order valence-corrected chi connectivity index (χ2v) is 9.84. The summed E-state index contributed by atoms with van der Waals surface area (Å²) in [7, 11) is 0. The molecule has 0 radical (unpaired) electrons. The highest BCUT2D eigenvalue weighted by Crippen LogP contribution is 2.38. The number of rotatable bonds is 6. The minimum atomic E-state index is -0.358. The molecule has 0 unspecified atom stereocenters. The highest BCUT2D eigenvalue weighted by atomic mass is 32.1. The SMILES string of the molecule is CCOC(=O)N1CCc2c(sc(NC(=O)CN3CCCCC3)c2C(=O)Nc2ccccc2C)C1. The standard InChI is InChI=1S/C25H32N4O4S/c1-3-33-25(32)29-14-11-18-20(15-29)34-24(27-21(30)16-28-12-7-4-8-13-28)22(18)23(31)26-19-10-6-5-9-17(19)2/h5-6,9-10H,3-4,7-8,11-16H2,1-2H3,(H,26,31)(H,27,30). The molecule has 1 fully saturated rings. The minimum absolute atomic E-state index is 0.118. The molecule has 3 amide bonds. The fourth-order valence-corrected chi connectivity index (χ4v) is 5.76. The topological polar surface area (TPSA) is 91.0 Å². The maximum absolute atomic E-state index is 13.4. The molecule has 34 heavy (non-hydrogen) atoms. The quantitative estimate of drug-likeness (QED) is 0.640. The van der Waals surface area contributed by atoms with Crippen molar-refractivity contribution in [3.8, 4) is 0 Å². The van der Waals surface area contributed by atoms with Crippen LogP contribution in [0.15, 0.2) is 24.3 Å². The number of carbonyl (C=O) groups excluding carboxylic acids is 3. The number of hydrogen-bond acceptors (Lipinski definition) is 6. The monoisotopic (exact) mass is 484 g/mol. The molecule has 1 saturated heterocycles. The molecule has 2 aromatic rings. The van der Waals surface area contributed by atoms with Crippen molar-refractivity contribution in [2.24, 2.45) is 0 Å². The van der Waals surface area contributed by atoms with Gasteiger partial charge in [0.1, 0.15) is 5.00 Å². The first kappa shape index (κ1) is 24.2. The number of para-hydroxylation sites is 1. The van der Waals surface area contributed by atoms with E-state index in [2.05, 4.69) is 15.5 Å². The van der Waals surface area contributed by atoms with Crippen LogP contribution < -0.4 is 10.6 Å². The predicted molar refractivity (Wildman–Crippen MR) is 134 cm³/mol. The van der Waals surface area contributed by atoms with Gasteiger partial charge in [-0.15, -0.1) is 11.3 Å². The van der Waals surface area contributed by atoms with Crippen LogP contribution in [-0.4, -0.2) is 60.5 Å². The van der Waals surface area contributed by atoms with Gasteiger partial charge in [-0.05, 0) is 63.4 Å². The van der Waals surface area contributed by atoms with Crippen LogP contribution in [0, 0.1) is 6.92 Å². The van der Waals surface area contributed by atoms with E-state index in [0.717, 1.165) is 47.6 Å². The lowest BCUT2D eigenvalue weighted by Crippen LogP contribution is -2.37. The van der Waals surface area contributed by atoms with E-state index in [4.69, 9.17) is 4.74 Å². The fourth-order valence-electron chi connectivity index (χ4n) is 4.49. The molecule has 0 spiro atoms. The van der Waals surface area contributed by atoms with Gasteiger partial charge < -0.3 is 20.3 Å². The number of benzene rings is 1. The Balaban J connectivity index is 1.58. The summed E-state index contributed by atoms with van der Waals surface area (Å²) in [4.78, 5) is 43.3. The van der Waals surface area contributed by atoms with E-state index >= 15 is 0 Å². The molecule has 0 aliphatic carbocycles. The number of thiophene rings is 1. The van der Waals surface area contributed by atoms with E-state index in [1.165, 1.54) is 17.8 Å². The minimum Gasteiger partial charge on any atom is -0.450 e. The Labute approximate surface area is 204 Å². The smallest absolute Gasteiger partial charge is 0.410 e. The zero-order valence-corrected chi connectivity index (χ0v) is 20.6. The first-order valence-corrected chi connectivity index (χ1v) is 12.7. The molecular formula is C25H32N4O4S. The number of amides is 3. The van der Waals surface area contributed by atoms with Crippen LogP contribution in [0.2, 0.25) is 0 Å². The van der Waals surface area contributed by atoms with Crippen LogP contribution in [0.25, 0.3) is 0 Å². The molecule has 4 rings (SSSR count). The Morgan fingerprint density at radius 2 is 1.82 bits per heavy atom. The molecular weight excluding hydrogens is 452 g/mol. The van der Waals surface area contributed by atoms with Crippen LogP contribution in [0.3, 0.4) is 0 Å². The number of carbonyl (C=O) groups is 3. The van der Waals surface area contributed by atoms with Crippen molar-refractivity contribution in [3.63, 3.8) is 0 Å². The van der Waals surface area contributed by atoms with Crippen molar-refractivity contribution in [2.75, 3.05) is 43.4 Å². The van der Waals surface area contributed by atoms with E-state index < -0.39 is 0 Å². The predicted octanol–water partition coefficient (Wildman–Crippen LogP) is 4.25. The maximum Gasteiger partial charge on any atom is 0.410 e. The summed E-state index contributed by atoms with van der Waals surface area (Å²) in [6, 6.07) is 7.61. The van der Waals surface area contributed by atoms with Gasteiger partial charge in [-0.1, -0.05) is 24.6 Å². The van der Waals surface area contributed by atoms with E-state index in [9.17, 15) is 14.4 Å². The van der Waals surface area contributed by atoms with Crippen LogP contribution >= 0.6 is 11.3 Å². The highest BCUT2D eigenvalue weighted by Gasteiger charge is 2.31. The molecule has 0 bridgehead atoms. The fraction of sp³-hybridized carbons (Fsp3) is 0.480.